The molecular weight excluding hydrogens is 450 g/mol. The third-order valence-corrected chi connectivity index (χ3v) is 6.36. The number of nitrogens with one attached hydrogen (secondary N) is 1. The summed E-state index contributed by atoms with van der Waals surface area (Å²) >= 11 is 1.55. The summed E-state index contributed by atoms with van der Waals surface area (Å²) in [5, 5.41) is 2.89. The molecule has 0 aliphatic rings. The zero-order valence-electron chi connectivity index (χ0n) is 18.9. The highest BCUT2D eigenvalue weighted by molar-refractivity contribution is 7.13. The first-order valence-corrected chi connectivity index (χ1v) is 11.8. The van der Waals surface area contributed by atoms with Gasteiger partial charge in [0.05, 0.1) is 18.8 Å². The molecule has 0 saturated heterocycles. The van der Waals surface area contributed by atoms with Gasteiger partial charge < -0.3 is 15.4 Å². The van der Waals surface area contributed by atoms with Gasteiger partial charge in [-0.3, -0.25) is 14.3 Å². The lowest BCUT2D eigenvalue weighted by Gasteiger charge is -2.25. The Bertz CT molecular complexity index is 1330. The Labute approximate surface area is 201 Å². The second-order valence-electron chi connectivity index (χ2n) is 7.84. The van der Waals surface area contributed by atoms with Gasteiger partial charge in [0.1, 0.15) is 16.5 Å². The Morgan fingerprint density at radius 3 is 2.50 bits per heavy atom. The quantitative estimate of drug-likeness (QED) is 0.339. The molecule has 0 fully saturated rings. The number of rotatable bonds is 10. The number of nitrogen functional groups attached to an aromatic ring is 1. The van der Waals surface area contributed by atoms with Crippen LogP contribution in [0.1, 0.15) is 17.7 Å². The molecule has 9 heteroatoms. The van der Waals surface area contributed by atoms with Crippen molar-refractivity contribution in [1.29, 1.82) is 0 Å². The number of nitrogens with two attached hydrogens (primary N) is 1. The average molecular weight is 478 g/mol. The van der Waals surface area contributed by atoms with Crippen LogP contribution in [-0.4, -0.2) is 34.8 Å². The highest BCUT2D eigenvalue weighted by Crippen LogP contribution is 2.26. The number of thiazole rings is 1. The van der Waals surface area contributed by atoms with Gasteiger partial charge in [0.25, 0.3) is 5.56 Å². The lowest BCUT2D eigenvalue weighted by atomic mass is 10.2. The SMILES string of the molecule is COCCCN(Cc1csc(-c2ccccc2)n1)c1c(N)n(Cc2ccccc2)c(=O)[nH]c1=O. The topological polar surface area (TPSA) is 106 Å². The van der Waals surface area contributed by atoms with Gasteiger partial charge in [-0.2, -0.15) is 0 Å². The summed E-state index contributed by atoms with van der Waals surface area (Å²) < 4.78 is 6.60. The van der Waals surface area contributed by atoms with E-state index in [1.54, 1.807) is 18.4 Å². The van der Waals surface area contributed by atoms with Crippen LogP contribution in [0.5, 0.6) is 0 Å². The molecule has 0 unspecified atom stereocenters. The molecule has 0 radical (unpaired) electrons. The number of hydrogen-bond acceptors (Lipinski definition) is 7. The molecule has 8 nitrogen and oxygen atoms in total. The molecule has 0 amide bonds. The smallest absolute Gasteiger partial charge is 0.330 e. The van der Waals surface area contributed by atoms with Gasteiger partial charge in [0, 0.05) is 31.2 Å². The van der Waals surface area contributed by atoms with Crippen molar-refractivity contribution < 1.29 is 4.74 Å². The standard InChI is InChI=1S/C25H27N5O3S/c1-33-14-8-13-29(16-20-17-34-24(27-20)19-11-6-3-7-12-19)21-22(26)30(25(32)28-23(21)31)15-18-9-4-2-5-10-18/h2-7,9-12,17H,8,13-16,26H2,1H3,(H,28,31,32). The summed E-state index contributed by atoms with van der Waals surface area (Å²) in [4.78, 5) is 34.6. The van der Waals surface area contributed by atoms with Gasteiger partial charge in [-0.1, -0.05) is 60.7 Å². The lowest BCUT2D eigenvalue weighted by molar-refractivity contribution is 0.196. The first-order chi connectivity index (χ1) is 16.6. The van der Waals surface area contributed by atoms with Crippen LogP contribution in [-0.2, 0) is 17.8 Å². The fraction of sp³-hybridized carbons (Fsp3) is 0.240. The third kappa shape index (κ3) is 5.44. The lowest BCUT2D eigenvalue weighted by Crippen LogP contribution is -2.39. The average Bonchev–Trinajstić information content (AvgIpc) is 3.31. The second kappa shape index (κ2) is 11.0. The fourth-order valence-corrected chi connectivity index (χ4v) is 4.58. The van der Waals surface area contributed by atoms with Gasteiger partial charge >= 0.3 is 5.69 Å². The Hall–Kier alpha value is -3.69. The van der Waals surface area contributed by atoms with Crippen LogP contribution in [0.2, 0.25) is 0 Å². The van der Waals surface area contributed by atoms with Gasteiger partial charge in [0.15, 0.2) is 0 Å². The van der Waals surface area contributed by atoms with E-state index in [1.165, 1.54) is 4.57 Å². The largest absolute Gasteiger partial charge is 0.385 e. The molecule has 34 heavy (non-hydrogen) atoms. The minimum absolute atomic E-state index is 0.133. The van der Waals surface area contributed by atoms with Crippen LogP contribution in [0, 0.1) is 0 Å². The van der Waals surface area contributed by atoms with Gasteiger partial charge in [0.2, 0.25) is 0 Å². The molecular formula is C25H27N5O3S. The van der Waals surface area contributed by atoms with E-state index < -0.39 is 11.2 Å². The first kappa shape index (κ1) is 23.5. The van der Waals surface area contributed by atoms with Crippen molar-refractivity contribution in [3.63, 3.8) is 0 Å². The number of ether oxygens (including phenoxy) is 1. The van der Waals surface area contributed by atoms with E-state index in [0.29, 0.717) is 26.1 Å². The Kier molecular flexibility index (Phi) is 7.56. The van der Waals surface area contributed by atoms with Crippen LogP contribution >= 0.6 is 11.3 Å². The van der Waals surface area contributed by atoms with Gasteiger partial charge in [-0.15, -0.1) is 11.3 Å². The van der Waals surface area contributed by atoms with Crippen molar-refractivity contribution in [1.82, 2.24) is 14.5 Å². The van der Waals surface area contributed by atoms with E-state index in [0.717, 1.165) is 21.8 Å². The number of hydrogen-bond donors (Lipinski definition) is 2. The van der Waals surface area contributed by atoms with E-state index in [-0.39, 0.29) is 18.1 Å². The highest BCUT2D eigenvalue weighted by atomic mass is 32.1. The van der Waals surface area contributed by atoms with Crippen molar-refractivity contribution in [2.75, 3.05) is 30.9 Å². The molecule has 0 atom stereocenters. The zero-order chi connectivity index (χ0) is 23.9. The zero-order valence-corrected chi connectivity index (χ0v) is 19.8. The number of H-pyrrole nitrogens is 1. The molecule has 2 aromatic heterocycles. The van der Waals surface area contributed by atoms with Crippen molar-refractivity contribution in [3.8, 4) is 10.6 Å². The van der Waals surface area contributed by atoms with Crippen molar-refractivity contribution in [2.24, 2.45) is 0 Å². The summed E-state index contributed by atoms with van der Waals surface area (Å²) in [6, 6.07) is 19.5. The maximum atomic E-state index is 12.9. The number of methoxy groups -OCH3 is 1. The van der Waals surface area contributed by atoms with Crippen molar-refractivity contribution in [2.45, 2.75) is 19.5 Å². The number of benzene rings is 2. The highest BCUT2D eigenvalue weighted by Gasteiger charge is 2.20. The minimum atomic E-state index is -0.535. The first-order valence-electron chi connectivity index (χ1n) is 11.0. The molecule has 4 rings (SSSR count). The van der Waals surface area contributed by atoms with Gasteiger partial charge in [-0.25, -0.2) is 9.78 Å². The van der Waals surface area contributed by atoms with E-state index in [2.05, 4.69) is 4.98 Å². The number of aromatic nitrogens is 3. The van der Waals surface area contributed by atoms with Crippen LogP contribution in [0.4, 0.5) is 11.5 Å². The van der Waals surface area contributed by atoms with E-state index >= 15 is 0 Å². The van der Waals surface area contributed by atoms with Crippen molar-refractivity contribution >= 4 is 22.8 Å². The molecule has 3 N–H and O–H groups in total. The number of nitrogens with zero attached hydrogens (tertiary/aromatic N) is 3. The summed E-state index contributed by atoms with van der Waals surface area (Å²) in [6.07, 6.45) is 0.683. The Balaban J connectivity index is 1.68. The molecule has 0 aliphatic heterocycles. The number of aromatic amines is 1. The van der Waals surface area contributed by atoms with Crippen LogP contribution in [0.25, 0.3) is 10.6 Å². The summed E-state index contributed by atoms with van der Waals surface area (Å²) in [5.41, 5.74) is 8.43. The van der Waals surface area contributed by atoms with E-state index in [1.807, 2.05) is 70.9 Å². The molecule has 176 valence electrons. The second-order valence-corrected chi connectivity index (χ2v) is 8.70. The maximum Gasteiger partial charge on any atom is 0.330 e. The molecule has 4 aromatic rings. The molecule has 2 heterocycles. The Morgan fingerprint density at radius 1 is 1.09 bits per heavy atom. The van der Waals surface area contributed by atoms with E-state index in [9.17, 15) is 9.59 Å². The normalized spacial score (nSPS) is 11.0. The summed E-state index contributed by atoms with van der Waals surface area (Å²) in [7, 11) is 1.64. The van der Waals surface area contributed by atoms with Crippen LogP contribution < -0.4 is 21.9 Å². The molecule has 0 spiro atoms. The summed E-state index contributed by atoms with van der Waals surface area (Å²) in [6.45, 7) is 1.69. The van der Waals surface area contributed by atoms with E-state index in [4.69, 9.17) is 15.5 Å². The predicted octanol–water partition coefficient (Wildman–Crippen LogP) is 3.33. The van der Waals surface area contributed by atoms with Crippen LogP contribution in [0.15, 0.2) is 75.6 Å². The summed E-state index contributed by atoms with van der Waals surface area (Å²) in [5.74, 6) is 0.133. The molecule has 2 aromatic carbocycles. The maximum absolute atomic E-state index is 12.9. The van der Waals surface area contributed by atoms with Gasteiger partial charge in [-0.05, 0) is 12.0 Å². The van der Waals surface area contributed by atoms with Crippen LogP contribution in [0.3, 0.4) is 0 Å². The number of anilines is 2. The Morgan fingerprint density at radius 2 is 1.79 bits per heavy atom. The monoisotopic (exact) mass is 477 g/mol. The predicted molar refractivity (Wildman–Crippen MR) is 136 cm³/mol. The molecule has 0 aliphatic carbocycles. The molecule has 0 saturated carbocycles. The molecule has 0 bridgehead atoms. The fourth-order valence-electron chi connectivity index (χ4n) is 3.76. The van der Waals surface area contributed by atoms with Crippen molar-refractivity contribution in [3.05, 3.63) is 98.1 Å². The minimum Gasteiger partial charge on any atom is -0.385 e. The third-order valence-electron chi connectivity index (χ3n) is 5.42.